The van der Waals surface area contributed by atoms with Crippen LogP contribution >= 0.6 is 0 Å². The lowest BCUT2D eigenvalue weighted by Gasteiger charge is -2.04. The van der Waals surface area contributed by atoms with E-state index in [1.54, 1.807) is 38.1 Å². The lowest BCUT2D eigenvalue weighted by molar-refractivity contribution is -0.474. The number of aromatic nitrogens is 2. The monoisotopic (exact) mass is 217 g/mol. The molecule has 1 heterocycles. The fourth-order valence-corrected chi connectivity index (χ4v) is 1.67. The largest absolute Gasteiger partial charge is 0.428 e. The highest BCUT2D eigenvalue weighted by Gasteiger charge is 2.18. The Balaban J connectivity index is 3.02. The maximum atomic E-state index is 11.9. The van der Waals surface area contributed by atoms with Crippen molar-refractivity contribution in [1.82, 2.24) is 4.73 Å². The predicted octanol–water partition coefficient (Wildman–Crippen LogP) is 2.05. The normalized spacial score (nSPS) is 10.6. The van der Waals surface area contributed by atoms with Crippen LogP contribution in [0.15, 0.2) is 24.8 Å². The Morgan fingerprint density at radius 3 is 2.75 bits per heavy atom. The van der Waals surface area contributed by atoms with Gasteiger partial charge in [-0.15, -0.1) is 0 Å². The average molecular weight is 217 g/mol. The summed E-state index contributed by atoms with van der Waals surface area (Å²) >= 11 is 0. The number of rotatable bonds is 1. The van der Waals surface area contributed by atoms with Crippen molar-refractivity contribution in [2.75, 3.05) is 0 Å². The van der Waals surface area contributed by atoms with E-state index >= 15 is 0 Å². The van der Waals surface area contributed by atoms with Gasteiger partial charge < -0.3 is 5.21 Å². The lowest BCUT2D eigenvalue weighted by atomic mass is 10.2. The molecule has 0 saturated carbocycles. The molecule has 0 unspecified atom stereocenters. The molecule has 0 aliphatic rings. The molecule has 1 aromatic heterocycles. The van der Waals surface area contributed by atoms with Crippen molar-refractivity contribution in [3.8, 4) is 0 Å². The zero-order valence-electron chi connectivity index (χ0n) is 9.27. The summed E-state index contributed by atoms with van der Waals surface area (Å²) in [6, 6.07) is 5.19. The van der Waals surface area contributed by atoms with E-state index in [9.17, 15) is 10.1 Å². The molecule has 0 fully saturated rings. The minimum absolute atomic E-state index is 0.441. The summed E-state index contributed by atoms with van der Waals surface area (Å²) in [5.41, 5.74) is 2.80. The number of hydrogen-bond acceptors (Lipinski definition) is 2. The molecule has 2 aromatic rings. The van der Waals surface area contributed by atoms with Gasteiger partial charge in [0.1, 0.15) is 5.69 Å². The highest BCUT2D eigenvalue weighted by molar-refractivity contribution is 5.75. The maximum absolute atomic E-state index is 11.9. The van der Waals surface area contributed by atoms with Crippen molar-refractivity contribution >= 4 is 17.1 Å². The third-order valence-electron chi connectivity index (χ3n) is 2.83. The molecule has 0 atom stereocenters. The number of nitrogens with zero attached hydrogens (tertiary/aromatic N) is 2. The van der Waals surface area contributed by atoms with Gasteiger partial charge in [-0.3, -0.25) is 0 Å². The van der Waals surface area contributed by atoms with Gasteiger partial charge in [0.05, 0.1) is 4.43 Å². The predicted molar refractivity (Wildman–Crippen MR) is 62.1 cm³/mol. The molecule has 0 aliphatic heterocycles. The van der Waals surface area contributed by atoms with Crippen molar-refractivity contribution in [3.05, 3.63) is 46.6 Å². The van der Waals surface area contributed by atoms with Crippen LogP contribution in [0.4, 0.5) is 0 Å². The summed E-state index contributed by atoms with van der Waals surface area (Å²) in [6.45, 7) is 7.03. The molecule has 0 saturated heterocycles. The summed E-state index contributed by atoms with van der Waals surface area (Å²) in [5.74, 6) is 0. The van der Waals surface area contributed by atoms with Crippen molar-refractivity contribution in [3.63, 3.8) is 0 Å². The van der Waals surface area contributed by atoms with Crippen LogP contribution in [0.25, 0.3) is 17.1 Å². The molecule has 0 radical (unpaired) electrons. The maximum Gasteiger partial charge on any atom is 0.290 e. The molecule has 2 rings (SSSR count). The minimum Gasteiger partial charge on any atom is -0.428 e. The van der Waals surface area contributed by atoms with Crippen molar-refractivity contribution in [2.24, 2.45) is 0 Å². The van der Waals surface area contributed by atoms with Gasteiger partial charge in [-0.2, -0.15) is 4.73 Å². The van der Waals surface area contributed by atoms with Crippen molar-refractivity contribution in [1.29, 1.82) is 0 Å². The molecule has 82 valence electrons. The number of hydrogen-bond donors (Lipinski definition) is 1. The van der Waals surface area contributed by atoms with E-state index in [0.29, 0.717) is 22.4 Å². The molecular weight excluding hydrogens is 204 g/mol. The van der Waals surface area contributed by atoms with E-state index in [1.165, 1.54) is 0 Å². The summed E-state index contributed by atoms with van der Waals surface area (Å²) in [7, 11) is 0. The quantitative estimate of drug-likeness (QED) is 0.587. The van der Waals surface area contributed by atoms with Gasteiger partial charge in [-0.05, 0) is 24.6 Å². The van der Waals surface area contributed by atoms with E-state index < -0.39 is 0 Å². The van der Waals surface area contributed by atoms with Gasteiger partial charge in [0.15, 0.2) is 5.52 Å². The SMILES string of the molecule is C=Cc1ccc2c(c1)n(O)c(C)c(C)[n+]2=O. The Hall–Kier alpha value is -2.10. The highest BCUT2D eigenvalue weighted by atomic mass is 16.5. The smallest absolute Gasteiger partial charge is 0.290 e. The van der Waals surface area contributed by atoms with E-state index in [1.807, 2.05) is 0 Å². The first-order chi connectivity index (χ1) is 7.56. The van der Waals surface area contributed by atoms with Gasteiger partial charge >= 0.3 is 0 Å². The summed E-state index contributed by atoms with van der Waals surface area (Å²) in [5, 5.41) is 9.91. The van der Waals surface area contributed by atoms with Crippen molar-refractivity contribution < 1.29 is 9.63 Å². The van der Waals surface area contributed by atoms with Crippen LogP contribution in [-0.4, -0.2) is 9.94 Å². The van der Waals surface area contributed by atoms with Crippen molar-refractivity contribution in [2.45, 2.75) is 13.8 Å². The summed E-state index contributed by atoms with van der Waals surface area (Å²) < 4.78 is 1.86. The fraction of sp³-hybridized carbons (Fsp3) is 0.167. The first kappa shape index (κ1) is 10.4. The molecule has 16 heavy (non-hydrogen) atoms. The van der Waals surface area contributed by atoms with Gasteiger partial charge in [0.2, 0.25) is 0 Å². The topological polar surface area (TPSA) is 48.1 Å². The van der Waals surface area contributed by atoms with Crippen LogP contribution in [0.5, 0.6) is 0 Å². The van der Waals surface area contributed by atoms with Crippen LogP contribution in [-0.2, 0) is 0 Å². The number of benzene rings is 1. The molecule has 4 heteroatoms. The van der Waals surface area contributed by atoms with Crippen LogP contribution in [0, 0.1) is 18.8 Å². The summed E-state index contributed by atoms with van der Waals surface area (Å²) in [6.07, 6.45) is 1.67. The van der Waals surface area contributed by atoms with E-state index in [0.717, 1.165) is 14.7 Å². The minimum atomic E-state index is 0.441. The molecular formula is C12H13N2O2+. The molecule has 4 nitrogen and oxygen atoms in total. The molecule has 0 amide bonds. The van der Waals surface area contributed by atoms with Crippen LogP contribution in [0.1, 0.15) is 17.0 Å². The number of fused-ring (bicyclic) bond motifs is 1. The van der Waals surface area contributed by atoms with E-state index in [2.05, 4.69) is 6.58 Å². The molecule has 0 bridgehead atoms. The van der Waals surface area contributed by atoms with Gasteiger partial charge in [-0.1, -0.05) is 12.7 Å². The van der Waals surface area contributed by atoms with E-state index in [-0.39, 0.29) is 0 Å². The Kier molecular flexibility index (Phi) is 2.27. The first-order valence-electron chi connectivity index (χ1n) is 4.96. The van der Waals surface area contributed by atoms with Gasteiger partial charge in [0.25, 0.3) is 11.2 Å². The second kappa shape index (κ2) is 3.48. The Morgan fingerprint density at radius 1 is 1.44 bits per heavy atom. The lowest BCUT2D eigenvalue weighted by Crippen LogP contribution is -2.25. The van der Waals surface area contributed by atoms with Crippen LogP contribution < -0.4 is 4.43 Å². The average Bonchev–Trinajstić information content (AvgIpc) is 2.33. The van der Waals surface area contributed by atoms with Gasteiger partial charge in [0, 0.05) is 17.9 Å². The Morgan fingerprint density at radius 2 is 2.12 bits per heavy atom. The standard InChI is InChI=1S/C12H13N2O2/c1-4-10-5-6-11-12(7-10)14(16)9(3)8(2)13(11)15/h4-7,16H,1H2,2-3H3/q+1. The fourth-order valence-electron chi connectivity index (χ4n) is 1.67. The third kappa shape index (κ3) is 1.31. The highest BCUT2D eigenvalue weighted by Crippen LogP contribution is 2.15. The second-order valence-electron chi connectivity index (χ2n) is 3.73. The zero-order valence-corrected chi connectivity index (χ0v) is 9.27. The van der Waals surface area contributed by atoms with Gasteiger partial charge in [-0.25, -0.2) is 0 Å². The first-order valence-corrected chi connectivity index (χ1v) is 4.96. The second-order valence-corrected chi connectivity index (χ2v) is 3.73. The molecule has 0 spiro atoms. The third-order valence-corrected chi connectivity index (χ3v) is 2.83. The van der Waals surface area contributed by atoms with Crippen LogP contribution in [0.2, 0.25) is 0 Å². The van der Waals surface area contributed by atoms with Crippen LogP contribution in [0.3, 0.4) is 0 Å². The molecule has 1 N–H and O–H groups in total. The zero-order chi connectivity index (χ0) is 11.9. The Bertz CT molecular complexity index is 641. The molecule has 0 aliphatic carbocycles. The molecule has 1 aromatic carbocycles. The Labute approximate surface area is 92.6 Å². The van der Waals surface area contributed by atoms with E-state index in [4.69, 9.17) is 0 Å². The summed E-state index contributed by atoms with van der Waals surface area (Å²) in [4.78, 5) is 11.9.